The Kier molecular flexibility index (Phi) is 4.07. The topological polar surface area (TPSA) is 56.4 Å². The van der Waals surface area contributed by atoms with Gasteiger partial charge in [-0.25, -0.2) is 4.39 Å². The number of H-pyrrole nitrogens is 1. The summed E-state index contributed by atoms with van der Waals surface area (Å²) in [4.78, 5) is 32.2. The predicted octanol–water partition coefficient (Wildman–Crippen LogP) is 2.37. The van der Waals surface area contributed by atoms with Crippen LogP contribution in [-0.2, 0) is 0 Å². The third kappa shape index (κ3) is 2.74. The minimum absolute atomic E-state index is 0.0863. The molecule has 4 rings (SSSR count). The van der Waals surface area contributed by atoms with Crippen LogP contribution in [0.3, 0.4) is 0 Å². The van der Waals surface area contributed by atoms with Crippen molar-refractivity contribution in [2.45, 2.75) is 38.3 Å². The SMILES string of the molecule is C[C@H]1CCCCN1C1CN(C(=O)c2c[nH]c3c(F)cccc3c2=O)C1. The molecule has 0 saturated carbocycles. The molecule has 1 N–H and O–H groups in total. The number of pyridine rings is 1. The van der Waals surface area contributed by atoms with Gasteiger partial charge in [0.2, 0.25) is 5.43 Å². The van der Waals surface area contributed by atoms with Crippen molar-refractivity contribution < 1.29 is 9.18 Å². The maximum absolute atomic E-state index is 13.8. The summed E-state index contributed by atoms with van der Waals surface area (Å²) in [5, 5.41) is 0.215. The van der Waals surface area contributed by atoms with Crippen LogP contribution < -0.4 is 5.43 Å². The Labute approximate surface area is 145 Å². The molecule has 3 heterocycles. The second kappa shape index (κ2) is 6.26. The average molecular weight is 343 g/mol. The van der Waals surface area contributed by atoms with Gasteiger partial charge in [-0.2, -0.15) is 0 Å². The lowest BCUT2D eigenvalue weighted by Gasteiger charge is -2.49. The molecule has 1 aromatic heterocycles. The van der Waals surface area contributed by atoms with Gasteiger partial charge in [-0.1, -0.05) is 12.5 Å². The number of hydrogen-bond donors (Lipinski definition) is 1. The molecule has 0 unspecified atom stereocenters. The van der Waals surface area contributed by atoms with Gasteiger partial charge in [0.25, 0.3) is 5.91 Å². The van der Waals surface area contributed by atoms with Crippen LogP contribution in [0.15, 0.2) is 29.2 Å². The number of fused-ring (bicyclic) bond motifs is 1. The first-order valence-electron chi connectivity index (χ1n) is 8.91. The maximum atomic E-state index is 13.8. The molecule has 2 fully saturated rings. The van der Waals surface area contributed by atoms with Gasteiger partial charge < -0.3 is 9.88 Å². The Morgan fingerprint density at radius 2 is 2.08 bits per heavy atom. The number of amides is 1. The van der Waals surface area contributed by atoms with E-state index in [1.165, 1.54) is 37.6 Å². The van der Waals surface area contributed by atoms with Gasteiger partial charge in [0, 0.05) is 36.8 Å². The zero-order valence-electron chi connectivity index (χ0n) is 14.3. The number of carbonyl (C=O) groups is 1. The summed E-state index contributed by atoms with van der Waals surface area (Å²) in [6.07, 6.45) is 5.04. The Morgan fingerprint density at radius 3 is 2.84 bits per heavy atom. The number of aromatic nitrogens is 1. The van der Waals surface area contributed by atoms with Crippen molar-refractivity contribution in [2.75, 3.05) is 19.6 Å². The first-order chi connectivity index (χ1) is 12.1. The lowest BCUT2D eigenvalue weighted by atomic mass is 9.97. The Balaban J connectivity index is 1.52. The van der Waals surface area contributed by atoms with Crippen LogP contribution in [0.2, 0.25) is 0 Å². The number of benzene rings is 1. The summed E-state index contributed by atoms with van der Waals surface area (Å²) in [5.74, 6) is -0.759. The number of piperidine rings is 1. The van der Waals surface area contributed by atoms with Gasteiger partial charge in [-0.3, -0.25) is 14.5 Å². The van der Waals surface area contributed by atoms with Crippen LogP contribution in [0.5, 0.6) is 0 Å². The first-order valence-corrected chi connectivity index (χ1v) is 8.91. The summed E-state index contributed by atoms with van der Waals surface area (Å²) in [7, 11) is 0. The van der Waals surface area contributed by atoms with Crippen molar-refractivity contribution in [1.82, 2.24) is 14.8 Å². The summed E-state index contributed by atoms with van der Waals surface area (Å²) in [6.45, 7) is 4.64. The van der Waals surface area contributed by atoms with Crippen LogP contribution in [0.1, 0.15) is 36.5 Å². The molecule has 0 bridgehead atoms. The molecule has 2 aromatic rings. The van der Waals surface area contributed by atoms with Crippen LogP contribution in [-0.4, -0.2) is 52.4 Å². The third-order valence-corrected chi connectivity index (χ3v) is 5.57. The van der Waals surface area contributed by atoms with Crippen molar-refractivity contribution in [3.63, 3.8) is 0 Å². The highest BCUT2D eigenvalue weighted by Gasteiger charge is 2.38. The molecule has 0 spiro atoms. The molecule has 1 amide bonds. The van der Waals surface area contributed by atoms with Gasteiger partial charge in [0.05, 0.1) is 5.52 Å². The molecule has 1 aromatic carbocycles. The van der Waals surface area contributed by atoms with Crippen LogP contribution in [0.4, 0.5) is 4.39 Å². The fraction of sp³-hybridized carbons (Fsp3) is 0.474. The number of nitrogens with one attached hydrogen (secondary N) is 1. The van der Waals surface area contributed by atoms with Crippen LogP contribution in [0.25, 0.3) is 10.9 Å². The number of aromatic amines is 1. The third-order valence-electron chi connectivity index (χ3n) is 5.57. The van der Waals surface area contributed by atoms with Crippen molar-refractivity contribution in [1.29, 1.82) is 0 Å². The van der Waals surface area contributed by atoms with Gasteiger partial charge in [-0.05, 0) is 38.4 Å². The zero-order valence-corrected chi connectivity index (χ0v) is 14.3. The van der Waals surface area contributed by atoms with E-state index in [-0.39, 0.29) is 22.4 Å². The quantitative estimate of drug-likeness (QED) is 0.911. The maximum Gasteiger partial charge on any atom is 0.259 e. The Bertz CT molecular complexity index is 873. The summed E-state index contributed by atoms with van der Waals surface area (Å²) < 4.78 is 13.8. The predicted molar refractivity (Wildman–Crippen MR) is 94.2 cm³/mol. The highest BCUT2D eigenvalue weighted by atomic mass is 19.1. The van der Waals surface area contributed by atoms with E-state index < -0.39 is 11.2 Å². The van der Waals surface area contributed by atoms with Crippen molar-refractivity contribution in [2.24, 2.45) is 0 Å². The fourth-order valence-electron chi connectivity index (χ4n) is 4.04. The number of likely N-dealkylation sites (tertiary alicyclic amines) is 2. The number of carbonyl (C=O) groups excluding carboxylic acids is 1. The zero-order chi connectivity index (χ0) is 17.6. The second-order valence-electron chi connectivity index (χ2n) is 7.14. The van der Waals surface area contributed by atoms with Crippen molar-refractivity contribution >= 4 is 16.8 Å². The molecule has 132 valence electrons. The smallest absolute Gasteiger partial charge is 0.259 e. The number of nitrogens with zero attached hydrogens (tertiary/aromatic N) is 2. The standard InChI is InChI=1S/C19H22FN3O2/c1-12-5-2-3-8-23(12)13-10-22(11-13)19(25)15-9-21-17-14(18(15)24)6-4-7-16(17)20/h4,6-7,9,12-13H,2-3,5,8,10-11H2,1H3,(H,21,24)/t12-/m0/s1. The van der Waals surface area contributed by atoms with E-state index in [1.54, 1.807) is 11.0 Å². The van der Waals surface area contributed by atoms with Gasteiger partial charge in [-0.15, -0.1) is 0 Å². The van der Waals surface area contributed by atoms with Gasteiger partial charge >= 0.3 is 0 Å². The Morgan fingerprint density at radius 1 is 1.28 bits per heavy atom. The molecule has 0 aliphatic carbocycles. The van der Waals surface area contributed by atoms with Crippen LogP contribution in [0, 0.1) is 5.82 Å². The van der Waals surface area contributed by atoms with Crippen molar-refractivity contribution in [3.05, 3.63) is 46.0 Å². The largest absolute Gasteiger partial charge is 0.358 e. The van der Waals surface area contributed by atoms with E-state index in [0.29, 0.717) is 25.2 Å². The van der Waals surface area contributed by atoms with E-state index in [4.69, 9.17) is 0 Å². The molecule has 6 heteroatoms. The highest BCUT2D eigenvalue weighted by Crippen LogP contribution is 2.25. The minimum Gasteiger partial charge on any atom is -0.358 e. The highest BCUT2D eigenvalue weighted by molar-refractivity contribution is 5.97. The van der Waals surface area contributed by atoms with E-state index in [2.05, 4.69) is 16.8 Å². The second-order valence-corrected chi connectivity index (χ2v) is 7.14. The molecule has 2 saturated heterocycles. The molecular weight excluding hydrogens is 321 g/mol. The molecule has 0 radical (unpaired) electrons. The van der Waals surface area contributed by atoms with Gasteiger partial charge in [0.15, 0.2) is 0 Å². The van der Waals surface area contributed by atoms with Crippen molar-refractivity contribution in [3.8, 4) is 0 Å². The Hall–Kier alpha value is -2.21. The first kappa shape index (κ1) is 16.3. The van der Waals surface area contributed by atoms with E-state index in [9.17, 15) is 14.0 Å². The molecule has 2 aliphatic rings. The minimum atomic E-state index is -0.489. The lowest BCUT2D eigenvalue weighted by molar-refractivity contribution is 0.00205. The molecule has 5 nitrogen and oxygen atoms in total. The monoisotopic (exact) mass is 343 g/mol. The van der Waals surface area contributed by atoms with Crippen LogP contribution >= 0.6 is 0 Å². The summed E-state index contributed by atoms with van der Waals surface area (Å²) >= 11 is 0. The molecule has 1 atom stereocenters. The normalized spacial score (nSPS) is 22.2. The number of para-hydroxylation sites is 1. The van der Waals surface area contributed by atoms with E-state index in [1.807, 2.05) is 0 Å². The summed E-state index contributed by atoms with van der Waals surface area (Å²) in [5.41, 5.74) is -0.177. The van der Waals surface area contributed by atoms with E-state index >= 15 is 0 Å². The summed E-state index contributed by atoms with van der Waals surface area (Å²) in [6, 6.07) is 5.26. The lowest BCUT2D eigenvalue weighted by Crippen LogP contribution is -2.63. The average Bonchev–Trinajstić information content (AvgIpc) is 2.56. The van der Waals surface area contributed by atoms with E-state index in [0.717, 1.165) is 6.54 Å². The van der Waals surface area contributed by atoms with Gasteiger partial charge in [0.1, 0.15) is 11.4 Å². The number of halogens is 1. The fourth-order valence-corrected chi connectivity index (χ4v) is 4.04. The number of hydrogen-bond acceptors (Lipinski definition) is 3. The number of rotatable bonds is 2. The molecular formula is C19H22FN3O2. The molecule has 25 heavy (non-hydrogen) atoms. The molecule has 2 aliphatic heterocycles.